The summed E-state index contributed by atoms with van der Waals surface area (Å²) < 4.78 is 2.35. The van der Waals surface area contributed by atoms with Gasteiger partial charge in [0, 0.05) is 16.5 Å². The molecule has 144 valence electrons. The minimum absolute atomic E-state index is 0.833. The number of nitrogens with zero attached hydrogens (tertiary/aromatic N) is 1. The Morgan fingerprint density at radius 3 is 1.76 bits per heavy atom. The van der Waals surface area contributed by atoms with Crippen LogP contribution < -0.4 is 0 Å². The Morgan fingerprint density at radius 2 is 1.07 bits per heavy atom. The fourth-order valence-corrected chi connectivity index (χ4v) is 3.64. The van der Waals surface area contributed by atoms with E-state index in [1.165, 1.54) is 38.6 Å². The molecule has 0 aliphatic rings. The molecule has 29 heavy (non-hydrogen) atoms. The monoisotopic (exact) mass is 377 g/mol. The second kappa shape index (κ2) is 8.36. The van der Waals surface area contributed by atoms with Gasteiger partial charge in [0.2, 0.25) is 0 Å². The maximum absolute atomic E-state index is 2.35. The third-order valence-electron chi connectivity index (χ3n) is 4.79. The smallest absolute Gasteiger partial charge is 0.0541 e. The Labute approximate surface area is 173 Å². The van der Waals surface area contributed by atoms with Crippen LogP contribution in [0.2, 0.25) is 0 Å². The highest BCUT2D eigenvalue weighted by molar-refractivity contribution is 6.10. The number of hydrogen-bond acceptors (Lipinski definition) is 0. The molecular formula is C28H27N. The maximum atomic E-state index is 2.35. The molecule has 0 unspecified atom stereocenters. The van der Waals surface area contributed by atoms with E-state index < -0.39 is 0 Å². The number of fused-ring (bicyclic) bond motifs is 3. The van der Waals surface area contributed by atoms with Gasteiger partial charge in [0.25, 0.3) is 0 Å². The Kier molecular flexibility index (Phi) is 5.48. The van der Waals surface area contributed by atoms with Crippen molar-refractivity contribution in [3.8, 4) is 16.8 Å². The third kappa shape index (κ3) is 3.95. The molecule has 0 amide bonds. The van der Waals surface area contributed by atoms with E-state index in [0.717, 1.165) is 5.92 Å². The zero-order valence-electron chi connectivity index (χ0n) is 17.3. The Morgan fingerprint density at radius 1 is 0.517 bits per heavy atom. The molecule has 0 N–H and O–H groups in total. The normalized spacial score (nSPS) is 10.9. The van der Waals surface area contributed by atoms with Crippen molar-refractivity contribution in [1.29, 1.82) is 0 Å². The molecule has 0 fully saturated rings. The van der Waals surface area contributed by atoms with Gasteiger partial charge in [-0.2, -0.15) is 0 Å². The molecule has 1 nitrogen and oxygen atoms in total. The van der Waals surface area contributed by atoms with Crippen molar-refractivity contribution in [2.75, 3.05) is 0 Å². The lowest BCUT2D eigenvalue weighted by Gasteiger charge is -2.08. The molecule has 4 aromatic carbocycles. The number of rotatable bonds is 2. The standard InChI is InChI=1S/C24H17N.C4H10/c1-3-9-18(10-4-1)19-15-16-24-22(17-19)21-13-7-8-14-23(21)25(24)20-11-5-2-6-12-20;1-4(2)3/h1-17H;4H,1-3H3. The van der Waals surface area contributed by atoms with Crippen LogP contribution in [0, 0.1) is 5.92 Å². The second-order valence-electron chi connectivity index (χ2n) is 8.02. The van der Waals surface area contributed by atoms with Crippen molar-refractivity contribution < 1.29 is 0 Å². The van der Waals surface area contributed by atoms with Crippen molar-refractivity contribution in [3.05, 3.63) is 103 Å². The first-order valence-corrected chi connectivity index (χ1v) is 10.3. The fourth-order valence-electron chi connectivity index (χ4n) is 3.64. The van der Waals surface area contributed by atoms with Gasteiger partial charge in [-0.3, -0.25) is 0 Å². The zero-order valence-corrected chi connectivity index (χ0v) is 17.3. The van der Waals surface area contributed by atoms with Gasteiger partial charge in [0.1, 0.15) is 0 Å². The summed E-state index contributed by atoms with van der Waals surface area (Å²) in [6.45, 7) is 6.50. The third-order valence-corrected chi connectivity index (χ3v) is 4.79. The van der Waals surface area contributed by atoms with Gasteiger partial charge in [0.15, 0.2) is 0 Å². The van der Waals surface area contributed by atoms with Crippen LogP contribution in [0.3, 0.4) is 0 Å². The van der Waals surface area contributed by atoms with Crippen LogP contribution in [0.1, 0.15) is 20.8 Å². The van der Waals surface area contributed by atoms with Crippen LogP contribution in [-0.2, 0) is 0 Å². The van der Waals surface area contributed by atoms with E-state index in [0.29, 0.717) is 0 Å². The van der Waals surface area contributed by atoms with Gasteiger partial charge in [-0.15, -0.1) is 0 Å². The summed E-state index contributed by atoms with van der Waals surface area (Å²) in [6.07, 6.45) is 0. The minimum Gasteiger partial charge on any atom is -0.309 e. The Hall–Kier alpha value is -3.32. The van der Waals surface area contributed by atoms with Crippen LogP contribution in [0.25, 0.3) is 38.6 Å². The number of benzene rings is 4. The highest BCUT2D eigenvalue weighted by Gasteiger charge is 2.12. The minimum atomic E-state index is 0.833. The van der Waals surface area contributed by atoms with E-state index >= 15 is 0 Å². The summed E-state index contributed by atoms with van der Waals surface area (Å²) in [4.78, 5) is 0. The van der Waals surface area contributed by atoms with E-state index in [9.17, 15) is 0 Å². The first kappa shape index (κ1) is 19.0. The summed E-state index contributed by atoms with van der Waals surface area (Å²) in [5, 5.41) is 2.58. The first-order valence-electron chi connectivity index (χ1n) is 10.3. The SMILES string of the molecule is CC(C)C.c1ccc(-c2ccc3c(c2)c2ccccc2n3-c2ccccc2)cc1. The van der Waals surface area contributed by atoms with Crippen LogP contribution >= 0.6 is 0 Å². The summed E-state index contributed by atoms with van der Waals surface area (Å²) in [5.41, 5.74) is 6.19. The molecule has 1 aromatic heterocycles. The molecule has 0 aliphatic heterocycles. The molecule has 0 aliphatic carbocycles. The number of aromatic nitrogens is 1. The van der Waals surface area contributed by atoms with E-state index in [1.807, 2.05) is 0 Å². The van der Waals surface area contributed by atoms with Crippen molar-refractivity contribution in [2.45, 2.75) is 20.8 Å². The fraction of sp³-hybridized carbons (Fsp3) is 0.143. The van der Waals surface area contributed by atoms with Crippen LogP contribution in [0.5, 0.6) is 0 Å². The highest BCUT2D eigenvalue weighted by atomic mass is 15.0. The average molecular weight is 378 g/mol. The molecule has 0 bridgehead atoms. The van der Waals surface area contributed by atoms with Gasteiger partial charge in [0.05, 0.1) is 11.0 Å². The molecule has 5 aromatic rings. The van der Waals surface area contributed by atoms with Gasteiger partial charge in [-0.05, 0) is 47.4 Å². The molecule has 0 spiro atoms. The topological polar surface area (TPSA) is 4.93 Å². The quantitative estimate of drug-likeness (QED) is 0.293. The summed E-state index contributed by atoms with van der Waals surface area (Å²) in [7, 11) is 0. The van der Waals surface area contributed by atoms with Crippen LogP contribution in [0.4, 0.5) is 0 Å². The molecular weight excluding hydrogens is 350 g/mol. The summed E-state index contributed by atoms with van der Waals surface area (Å²) in [5.74, 6) is 0.833. The summed E-state index contributed by atoms with van der Waals surface area (Å²) >= 11 is 0. The maximum Gasteiger partial charge on any atom is 0.0541 e. The van der Waals surface area contributed by atoms with Crippen molar-refractivity contribution in [2.24, 2.45) is 5.92 Å². The number of hydrogen-bond donors (Lipinski definition) is 0. The lowest BCUT2D eigenvalue weighted by atomic mass is 10.0. The highest BCUT2D eigenvalue weighted by Crippen LogP contribution is 2.34. The molecule has 0 saturated heterocycles. The van der Waals surface area contributed by atoms with Crippen LogP contribution in [0.15, 0.2) is 103 Å². The van der Waals surface area contributed by atoms with E-state index in [-0.39, 0.29) is 0 Å². The summed E-state index contributed by atoms with van der Waals surface area (Å²) in [6, 6.07) is 36.5. The van der Waals surface area contributed by atoms with Crippen molar-refractivity contribution in [1.82, 2.24) is 4.57 Å². The van der Waals surface area contributed by atoms with Gasteiger partial charge >= 0.3 is 0 Å². The van der Waals surface area contributed by atoms with Crippen molar-refractivity contribution in [3.63, 3.8) is 0 Å². The van der Waals surface area contributed by atoms with Gasteiger partial charge < -0.3 is 4.57 Å². The Bertz CT molecular complexity index is 1210. The molecule has 0 saturated carbocycles. The van der Waals surface area contributed by atoms with Gasteiger partial charge in [-0.1, -0.05) is 93.6 Å². The van der Waals surface area contributed by atoms with Gasteiger partial charge in [-0.25, -0.2) is 0 Å². The number of para-hydroxylation sites is 2. The Balaban J connectivity index is 0.000000472. The first-order chi connectivity index (χ1) is 14.1. The second-order valence-corrected chi connectivity index (χ2v) is 8.02. The van der Waals surface area contributed by atoms with Crippen LogP contribution in [-0.4, -0.2) is 4.57 Å². The molecule has 0 radical (unpaired) electrons. The predicted octanol–water partition coefficient (Wildman–Crippen LogP) is 8.11. The molecule has 5 rings (SSSR count). The van der Waals surface area contributed by atoms with Crippen molar-refractivity contribution >= 4 is 21.8 Å². The van der Waals surface area contributed by atoms with E-state index in [4.69, 9.17) is 0 Å². The van der Waals surface area contributed by atoms with E-state index in [1.54, 1.807) is 0 Å². The predicted molar refractivity (Wildman–Crippen MR) is 127 cm³/mol. The lowest BCUT2D eigenvalue weighted by molar-refractivity contribution is 0.737. The molecule has 1 heteroatoms. The largest absolute Gasteiger partial charge is 0.309 e. The molecule has 1 heterocycles. The van der Waals surface area contributed by atoms with E-state index in [2.05, 4.69) is 128 Å². The lowest BCUT2D eigenvalue weighted by Crippen LogP contribution is -1.92. The average Bonchev–Trinajstić information content (AvgIpc) is 3.08. The zero-order chi connectivity index (χ0) is 20.2. The molecule has 0 atom stereocenters.